The van der Waals surface area contributed by atoms with Crippen LogP contribution >= 0.6 is 0 Å². The Hall–Kier alpha value is -0.960. The lowest BCUT2D eigenvalue weighted by Gasteiger charge is -2.11. The van der Waals surface area contributed by atoms with Crippen molar-refractivity contribution in [3.8, 4) is 0 Å². The van der Waals surface area contributed by atoms with Gasteiger partial charge < -0.3 is 5.11 Å². The summed E-state index contributed by atoms with van der Waals surface area (Å²) in [6.45, 7) is 0.131. The maximum absolute atomic E-state index is 12.8. The third-order valence-corrected chi connectivity index (χ3v) is 2.86. The van der Waals surface area contributed by atoms with Gasteiger partial charge in [0.15, 0.2) is 11.6 Å². The Morgan fingerprint density at radius 3 is 2.43 bits per heavy atom. The zero-order valence-electron chi connectivity index (χ0n) is 7.76. The standard InChI is InChI=1S/C11H12F2O/c12-9-2-1-8(5-10(9)13)6-11(7-14)3-4-11/h1-2,5,14H,3-4,6-7H2. The van der Waals surface area contributed by atoms with E-state index in [1.54, 1.807) is 6.07 Å². The second kappa shape index (κ2) is 3.31. The molecule has 0 radical (unpaired) electrons. The van der Waals surface area contributed by atoms with Crippen molar-refractivity contribution in [2.75, 3.05) is 6.61 Å². The minimum absolute atomic E-state index is 0.0513. The van der Waals surface area contributed by atoms with E-state index in [4.69, 9.17) is 5.11 Å². The van der Waals surface area contributed by atoms with Gasteiger partial charge in [-0.15, -0.1) is 0 Å². The molecule has 1 nitrogen and oxygen atoms in total. The zero-order valence-corrected chi connectivity index (χ0v) is 7.76. The van der Waals surface area contributed by atoms with Gasteiger partial charge in [0.25, 0.3) is 0 Å². The molecule has 1 fully saturated rings. The highest BCUT2D eigenvalue weighted by atomic mass is 19.2. The summed E-state index contributed by atoms with van der Waals surface area (Å²) in [7, 11) is 0. The summed E-state index contributed by atoms with van der Waals surface area (Å²) in [5.41, 5.74) is 0.708. The number of rotatable bonds is 3. The van der Waals surface area contributed by atoms with E-state index >= 15 is 0 Å². The van der Waals surface area contributed by atoms with Crippen molar-refractivity contribution in [3.63, 3.8) is 0 Å². The molecule has 0 heterocycles. The first-order valence-corrected chi connectivity index (χ1v) is 4.70. The summed E-state index contributed by atoms with van der Waals surface area (Å²) >= 11 is 0. The van der Waals surface area contributed by atoms with E-state index in [1.165, 1.54) is 6.07 Å². The highest BCUT2D eigenvalue weighted by molar-refractivity contribution is 5.20. The Kier molecular flexibility index (Phi) is 2.27. The maximum atomic E-state index is 12.8. The number of hydrogen-bond acceptors (Lipinski definition) is 1. The number of benzene rings is 1. The summed E-state index contributed by atoms with van der Waals surface area (Å²) in [5.74, 6) is -1.63. The molecule has 2 rings (SSSR count). The topological polar surface area (TPSA) is 20.2 Å². The van der Waals surface area contributed by atoms with Crippen LogP contribution in [-0.2, 0) is 6.42 Å². The molecule has 0 saturated heterocycles. The second-order valence-corrected chi connectivity index (χ2v) is 4.08. The van der Waals surface area contributed by atoms with Crippen LogP contribution in [-0.4, -0.2) is 11.7 Å². The summed E-state index contributed by atoms with van der Waals surface area (Å²) in [6, 6.07) is 3.93. The van der Waals surface area contributed by atoms with Gasteiger partial charge in [0.1, 0.15) is 0 Å². The molecule has 1 aliphatic rings. The van der Waals surface area contributed by atoms with Gasteiger partial charge >= 0.3 is 0 Å². The Balaban J connectivity index is 2.14. The van der Waals surface area contributed by atoms with Gasteiger partial charge in [-0.05, 0) is 42.4 Å². The van der Waals surface area contributed by atoms with Crippen molar-refractivity contribution in [3.05, 3.63) is 35.4 Å². The first-order chi connectivity index (χ1) is 6.65. The smallest absolute Gasteiger partial charge is 0.159 e. The second-order valence-electron chi connectivity index (χ2n) is 4.08. The monoisotopic (exact) mass is 198 g/mol. The molecule has 14 heavy (non-hydrogen) atoms. The molecule has 0 amide bonds. The summed E-state index contributed by atoms with van der Waals surface area (Å²) in [6.07, 6.45) is 2.59. The van der Waals surface area contributed by atoms with Crippen LogP contribution in [0.2, 0.25) is 0 Å². The molecular weight excluding hydrogens is 186 g/mol. The van der Waals surface area contributed by atoms with Gasteiger partial charge in [-0.3, -0.25) is 0 Å². The predicted molar refractivity (Wildman–Crippen MR) is 48.8 cm³/mol. The largest absolute Gasteiger partial charge is 0.396 e. The van der Waals surface area contributed by atoms with Crippen molar-refractivity contribution >= 4 is 0 Å². The molecule has 0 bridgehead atoms. The van der Waals surface area contributed by atoms with Gasteiger partial charge in [-0.1, -0.05) is 6.07 Å². The van der Waals surface area contributed by atoms with E-state index in [9.17, 15) is 8.78 Å². The molecule has 1 N–H and O–H groups in total. The SMILES string of the molecule is OCC1(Cc2ccc(F)c(F)c2)CC1. The van der Waals surface area contributed by atoms with Crippen molar-refractivity contribution in [2.24, 2.45) is 5.41 Å². The quantitative estimate of drug-likeness (QED) is 0.790. The van der Waals surface area contributed by atoms with Gasteiger partial charge in [0.2, 0.25) is 0 Å². The Morgan fingerprint density at radius 2 is 1.93 bits per heavy atom. The number of aliphatic hydroxyl groups is 1. The highest BCUT2D eigenvalue weighted by Crippen LogP contribution is 2.47. The molecule has 0 spiro atoms. The molecule has 1 aromatic carbocycles. The fourth-order valence-electron chi connectivity index (χ4n) is 1.65. The lowest BCUT2D eigenvalue weighted by Crippen LogP contribution is -2.10. The highest BCUT2D eigenvalue weighted by Gasteiger charge is 2.41. The fraction of sp³-hybridized carbons (Fsp3) is 0.455. The summed E-state index contributed by atoms with van der Waals surface area (Å²) in [5, 5.41) is 9.07. The normalized spacial score (nSPS) is 18.2. The van der Waals surface area contributed by atoms with E-state index < -0.39 is 11.6 Å². The van der Waals surface area contributed by atoms with Crippen molar-refractivity contribution in [2.45, 2.75) is 19.3 Å². The van der Waals surface area contributed by atoms with E-state index in [0.29, 0.717) is 6.42 Å². The van der Waals surface area contributed by atoms with Gasteiger partial charge in [-0.2, -0.15) is 0 Å². The average Bonchev–Trinajstić information content (AvgIpc) is 2.93. The van der Waals surface area contributed by atoms with Crippen LogP contribution in [0, 0.1) is 17.0 Å². The van der Waals surface area contributed by atoms with Crippen molar-refractivity contribution in [1.82, 2.24) is 0 Å². The Morgan fingerprint density at radius 1 is 1.21 bits per heavy atom. The van der Waals surface area contributed by atoms with Crippen LogP contribution < -0.4 is 0 Å². The van der Waals surface area contributed by atoms with E-state index in [0.717, 1.165) is 24.5 Å². The first-order valence-electron chi connectivity index (χ1n) is 4.70. The molecule has 0 aliphatic heterocycles. The fourth-order valence-corrected chi connectivity index (χ4v) is 1.65. The van der Waals surface area contributed by atoms with Gasteiger partial charge in [0, 0.05) is 6.61 Å². The Bertz CT molecular complexity index is 345. The summed E-state index contributed by atoms with van der Waals surface area (Å²) < 4.78 is 25.4. The molecule has 76 valence electrons. The number of aliphatic hydroxyl groups excluding tert-OH is 1. The molecular formula is C11H12F2O. The minimum Gasteiger partial charge on any atom is -0.396 e. The molecule has 0 aromatic heterocycles. The Labute approximate surface area is 81.4 Å². The van der Waals surface area contributed by atoms with Crippen LogP contribution in [0.5, 0.6) is 0 Å². The summed E-state index contributed by atoms with van der Waals surface area (Å²) in [4.78, 5) is 0. The zero-order chi connectivity index (χ0) is 10.2. The molecule has 1 aliphatic carbocycles. The molecule has 3 heteroatoms. The van der Waals surface area contributed by atoms with E-state index in [1.807, 2.05) is 0 Å². The molecule has 1 aromatic rings. The van der Waals surface area contributed by atoms with E-state index in [2.05, 4.69) is 0 Å². The maximum Gasteiger partial charge on any atom is 0.159 e. The van der Waals surface area contributed by atoms with Gasteiger partial charge in [0.05, 0.1) is 0 Å². The van der Waals surface area contributed by atoms with Gasteiger partial charge in [-0.25, -0.2) is 8.78 Å². The molecule has 0 unspecified atom stereocenters. The predicted octanol–water partition coefficient (Wildman–Crippen LogP) is 2.28. The lowest BCUT2D eigenvalue weighted by molar-refractivity contribution is 0.211. The number of hydrogen-bond donors (Lipinski definition) is 1. The third-order valence-electron chi connectivity index (χ3n) is 2.86. The van der Waals surface area contributed by atoms with Crippen molar-refractivity contribution in [1.29, 1.82) is 0 Å². The first kappa shape index (κ1) is 9.59. The van der Waals surface area contributed by atoms with E-state index in [-0.39, 0.29) is 12.0 Å². The minimum atomic E-state index is -0.817. The van der Waals surface area contributed by atoms with Crippen LogP contribution in [0.3, 0.4) is 0 Å². The van der Waals surface area contributed by atoms with Crippen LogP contribution in [0.15, 0.2) is 18.2 Å². The van der Waals surface area contributed by atoms with Crippen LogP contribution in [0.4, 0.5) is 8.78 Å². The molecule has 1 saturated carbocycles. The molecule has 0 atom stereocenters. The number of halogens is 2. The average molecular weight is 198 g/mol. The third kappa shape index (κ3) is 1.77. The van der Waals surface area contributed by atoms with Crippen LogP contribution in [0.1, 0.15) is 18.4 Å². The lowest BCUT2D eigenvalue weighted by atomic mass is 9.97. The van der Waals surface area contributed by atoms with Crippen LogP contribution in [0.25, 0.3) is 0 Å². The van der Waals surface area contributed by atoms with Crippen molar-refractivity contribution < 1.29 is 13.9 Å².